The van der Waals surface area contributed by atoms with E-state index in [0.29, 0.717) is 61.1 Å². The molecule has 0 bridgehead atoms. The summed E-state index contributed by atoms with van der Waals surface area (Å²) < 4.78 is 29.4. The molecule has 2 aromatic rings. The van der Waals surface area contributed by atoms with Gasteiger partial charge in [0.15, 0.2) is 0 Å². The van der Waals surface area contributed by atoms with Crippen molar-refractivity contribution in [1.29, 1.82) is 0 Å². The van der Waals surface area contributed by atoms with E-state index < -0.39 is 6.61 Å². The molecule has 0 N–H and O–H groups in total. The van der Waals surface area contributed by atoms with Crippen LogP contribution in [0.15, 0.2) is 42.5 Å². The second-order valence-corrected chi connectivity index (χ2v) is 10.8. The first kappa shape index (κ1) is 29.1. The number of ether oxygens (including phenoxy) is 1. The lowest BCUT2D eigenvalue weighted by molar-refractivity contribution is -0.141. The van der Waals surface area contributed by atoms with E-state index in [1.54, 1.807) is 29.0 Å². The minimum Gasteiger partial charge on any atom is -0.435 e. The van der Waals surface area contributed by atoms with Gasteiger partial charge in [0.25, 0.3) is 5.91 Å². The number of carbonyl (C=O) groups excluding carboxylic acids is 3. The van der Waals surface area contributed by atoms with Gasteiger partial charge in [-0.3, -0.25) is 14.4 Å². The molecule has 2 heterocycles. The number of amides is 3. The van der Waals surface area contributed by atoms with Crippen molar-refractivity contribution in [3.05, 3.63) is 63.6 Å². The zero-order valence-electron chi connectivity index (χ0n) is 21.8. The molecule has 39 heavy (non-hydrogen) atoms. The Morgan fingerprint density at radius 2 is 1.59 bits per heavy atom. The van der Waals surface area contributed by atoms with Crippen LogP contribution in [0.1, 0.15) is 48.0 Å². The summed E-state index contributed by atoms with van der Waals surface area (Å²) in [5, 5.41) is 0.796. The zero-order valence-corrected chi connectivity index (χ0v) is 23.3. The monoisotopic (exact) mass is 581 g/mol. The normalized spacial score (nSPS) is 20.2. The van der Waals surface area contributed by atoms with Gasteiger partial charge in [-0.2, -0.15) is 8.78 Å². The van der Waals surface area contributed by atoms with E-state index in [1.165, 1.54) is 31.2 Å². The predicted molar refractivity (Wildman–Crippen MR) is 144 cm³/mol. The van der Waals surface area contributed by atoms with Crippen LogP contribution in [0, 0.1) is 5.92 Å². The number of piperidine rings is 2. The van der Waals surface area contributed by atoms with Crippen molar-refractivity contribution in [3.63, 3.8) is 0 Å². The lowest BCUT2D eigenvalue weighted by Gasteiger charge is -2.44. The maximum Gasteiger partial charge on any atom is 0.387 e. The van der Waals surface area contributed by atoms with Gasteiger partial charge in [0.05, 0.1) is 10.0 Å². The second-order valence-electron chi connectivity index (χ2n) is 10.0. The number of hydrogen-bond donors (Lipinski definition) is 0. The summed E-state index contributed by atoms with van der Waals surface area (Å²) in [6, 6.07) is 10.7. The predicted octanol–water partition coefficient (Wildman–Crippen LogP) is 5.31. The van der Waals surface area contributed by atoms with E-state index in [-0.39, 0.29) is 41.3 Å². The zero-order chi connectivity index (χ0) is 28.3. The van der Waals surface area contributed by atoms with Crippen LogP contribution in [-0.2, 0) is 9.59 Å². The number of carbonyl (C=O) groups is 3. The van der Waals surface area contributed by atoms with Gasteiger partial charge in [0.2, 0.25) is 11.8 Å². The molecule has 2 saturated heterocycles. The number of alkyl halides is 2. The third-order valence-electron chi connectivity index (χ3n) is 7.69. The number of nitrogens with zero attached hydrogens (tertiary/aromatic N) is 3. The first-order chi connectivity index (χ1) is 18.5. The molecule has 0 unspecified atom stereocenters. The third-order valence-corrected chi connectivity index (χ3v) is 8.43. The molecular weight excluding hydrogens is 551 g/mol. The van der Waals surface area contributed by atoms with Crippen molar-refractivity contribution >= 4 is 40.9 Å². The van der Waals surface area contributed by atoms with E-state index in [4.69, 9.17) is 23.2 Å². The Kier molecular flexibility index (Phi) is 9.33. The third kappa shape index (κ3) is 6.81. The lowest BCUT2D eigenvalue weighted by Crippen LogP contribution is -2.53. The highest BCUT2D eigenvalue weighted by Crippen LogP contribution is 2.35. The summed E-state index contributed by atoms with van der Waals surface area (Å²) in [7, 11) is 1.70. The fraction of sp³-hybridized carbons (Fsp3) is 0.464. The molecule has 2 aromatic carbocycles. The maximum atomic E-state index is 13.5. The number of hydrogen-bond acceptors (Lipinski definition) is 4. The van der Waals surface area contributed by atoms with Gasteiger partial charge in [-0.05, 0) is 61.2 Å². The quantitative estimate of drug-likeness (QED) is 0.463. The van der Waals surface area contributed by atoms with Gasteiger partial charge < -0.3 is 19.4 Å². The summed E-state index contributed by atoms with van der Waals surface area (Å²) in [5.74, 6) is -0.607. The van der Waals surface area contributed by atoms with Crippen LogP contribution in [-0.4, -0.2) is 78.3 Å². The number of rotatable bonds is 6. The molecule has 2 aliphatic heterocycles. The van der Waals surface area contributed by atoms with Crippen LogP contribution in [0.2, 0.25) is 10.0 Å². The molecule has 0 saturated carbocycles. The molecule has 0 aromatic heterocycles. The maximum absolute atomic E-state index is 13.5. The molecule has 2 atom stereocenters. The Bertz CT molecular complexity index is 1210. The first-order valence-corrected chi connectivity index (χ1v) is 13.6. The number of likely N-dealkylation sites (tertiary alicyclic amines) is 2. The molecule has 0 spiro atoms. The smallest absolute Gasteiger partial charge is 0.387 e. The molecule has 2 fully saturated rings. The van der Waals surface area contributed by atoms with Crippen LogP contribution in [0.3, 0.4) is 0 Å². The molecule has 7 nitrogen and oxygen atoms in total. The summed E-state index contributed by atoms with van der Waals surface area (Å²) >= 11 is 12.5. The largest absolute Gasteiger partial charge is 0.435 e. The Labute approximate surface area is 236 Å². The molecule has 4 rings (SSSR count). The van der Waals surface area contributed by atoms with E-state index >= 15 is 0 Å². The number of benzene rings is 2. The van der Waals surface area contributed by atoms with Crippen molar-refractivity contribution < 1.29 is 27.9 Å². The molecule has 11 heteroatoms. The number of likely N-dealkylation sites (N-methyl/N-ethyl adjacent to an activating group) is 1. The van der Waals surface area contributed by atoms with Gasteiger partial charge in [-0.1, -0.05) is 29.3 Å². The highest BCUT2D eigenvalue weighted by atomic mass is 35.5. The lowest BCUT2D eigenvalue weighted by atomic mass is 9.83. The summed E-state index contributed by atoms with van der Waals surface area (Å²) in [6.07, 6.45) is 1.79. The Hall–Kier alpha value is -2.91. The SMILES string of the molecule is CC(=O)N1CCC(C(=O)N2CC[C@@H](N(C)C(=O)c3ccc(OC(F)F)cc3)[C@H](c3ccc(Cl)c(Cl)c3)C2)CC1. The van der Waals surface area contributed by atoms with Crippen molar-refractivity contribution in [2.75, 3.05) is 33.2 Å². The van der Waals surface area contributed by atoms with Crippen molar-refractivity contribution in [2.45, 2.75) is 44.8 Å². The van der Waals surface area contributed by atoms with Gasteiger partial charge in [0, 0.05) is 63.6 Å². The second kappa shape index (κ2) is 12.5. The van der Waals surface area contributed by atoms with Crippen molar-refractivity contribution in [3.8, 4) is 5.75 Å². The minimum atomic E-state index is -2.95. The van der Waals surface area contributed by atoms with E-state index in [1.807, 2.05) is 11.0 Å². The van der Waals surface area contributed by atoms with Crippen molar-refractivity contribution in [1.82, 2.24) is 14.7 Å². The molecule has 210 valence electrons. The molecule has 0 radical (unpaired) electrons. The Balaban J connectivity index is 1.53. The summed E-state index contributed by atoms with van der Waals surface area (Å²) in [5.41, 5.74) is 1.20. The minimum absolute atomic E-state index is 0.0188. The van der Waals surface area contributed by atoms with Gasteiger partial charge >= 0.3 is 6.61 Å². The number of halogens is 4. The highest BCUT2D eigenvalue weighted by molar-refractivity contribution is 6.42. The first-order valence-electron chi connectivity index (χ1n) is 12.9. The van der Waals surface area contributed by atoms with Crippen LogP contribution >= 0.6 is 23.2 Å². The molecule has 2 aliphatic rings. The van der Waals surface area contributed by atoms with Crippen LogP contribution in [0.4, 0.5) is 8.78 Å². The fourth-order valence-corrected chi connectivity index (χ4v) is 5.81. The molecule has 0 aliphatic carbocycles. The summed E-state index contributed by atoms with van der Waals surface area (Å²) in [4.78, 5) is 43.8. The fourth-order valence-electron chi connectivity index (χ4n) is 5.51. The highest BCUT2D eigenvalue weighted by Gasteiger charge is 2.39. The Morgan fingerprint density at radius 1 is 0.949 bits per heavy atom. The van der Waals surface area contributed by atoms with Crippen LogP contribution in [0.5, 0.6) is 5.75 Å². The van der Waals surface area contributed by atoms with Crippen LogP contribution in [0.25, 0.3) is 0 Å². The average Bonchev–Trinajstić information content (AvgIpc) is 2.93. The van der Waals surface area contributed by atoms with Crippen molar-refractivity contribution in [2.24, 2.45) is 5.92 Å². The Morgan fingerprint density at radius 3 is 2.18 bits per heavy atom. The van der Waals surface area contributed by atoms with Gasteiger partial charge in [0.1, 0.15) is 5.75 Å². The van der Waals surface area contributed by atoms with Gasteiger partial charge in [-0.15, -0.1) is 0 Å². The topological polar surface area (TPSA) is 70.2 Å². The van der Waals surface area contributed by atoms with Gasteiger partial charge in [-0.25, -0.2) is 0 Å². The standard InChI is InChI=1S/C28H31Cl2F2N3O4/c1-17(36)34-12-9-19(10-13-34)27(38)35-14-11-25(22(16-35)20-5-8-23(29)24(30)15-20)33(2)26(37)18-3-6-21(7-4-18)39-28(31)32/h3-8,15,19,22,25,28H,9-14,16H2,1-2H3/t22-,25+/m0/s1. The van der Waals surface area contributed by atoms with E-state index in [2.05, 4.69) is 4.74 Å². The summed E-state index contributed by atoms with van der Waals surface area (Å²) in [6.45, 7) is 0.599. The van der Waals surface area contributed by atoms with E-state index in [9.17, 15) is 23.2 Å². The van der Waals surface area contributed by atoms with E-state index in [0.717, 1.165) is 5.56 Å². The molecular formula is C28H31Cl2F2N3O4. The van der Waals surface area contributed by atoms with Crippen LogP contribution < -0.4 is 4.74 Å². The molecule has 3 amide bonds. The average molecular weight is 582 g/mol.